The van der Waals surface area contributed by atoms with Crippen LogP contribution in [0.15, 0.2) is 48.5 Å². The first-order chi connectivity index (χ1) is 11.7. The van der Waals surface area contributed by atoms with Crippen LogP contribution in [0, 0.1) is 0 Å². The first-order valence-electron chi connectivity index (χ1n) is 7.46. The molecule has 1 atom stereocenters. The van der Waals surface area contributed by atoms with Gasteiger partial charge in [-0.15, -0.1) is 0 Å². The number of anilines is 1. The van der Waals surface area contributed by atoms with Gasteiger partial charge in [-0.3, -0.25) is 9.10 Å². The van der Waals surface area contributed by atoms with Gasteiger partial charge >= 0.3 is 0 Å². The maximum Gasteiger partial charge on any atom is 0.241 e. The van der Waals surface area contributed by atoms with Gasteiger partial charge in [0, 0.05) is 0 Å². The molecule has 0 radical (unpaired) electrons. The third-order valence-electron chi connectivity index (χ3n) is 3.56. The van der Waals surface area contributed by atoms with Crippen molar-refractivity contribution < 1.29 is 13.2 Å². The van der Waals surface area contributed by atoms with Crippen molar-refractivity contribution in [3.8, 4) is 0 Å². The molecular formula is C17H18Cl2N2O3S. The molecule has 2 rings (SSSR count). The third-order valence-corrected chi connectivity index (χ3v) is 5.50. The number of halogens is 2. The molecule has 2 aromatic carbocycles. The van der Waals surface area contributed by atoms with E-state index < -0.39 is 22.5 Å². The van der Waals surface area contributed by atoms with Crippen LogP contribution in [-0.4, -0.2) is 27.1 Å². The molecule has 0 saturated carbocycles. The largest absolute Gasteiger partial charge is 0.348 e. The van der Waals surface area contributed by atoms with E-state index in [-0.39, 0.29) is 21.8 Å². The molecule has 0 fully saturated rings. The lowest BCUT2D eigenvalue weighted by molar-refractivity contribution is -0.120. The van der Waals surface area contributed by atoms with E-state index in [0.717, 1.165) is 16.1 Å². The molecule has 2 aromatic rings. The van der Waals surface area contributed by atoms with Crippen LogP contribution in [0.5, 0.6) is 0 Å². The van der Waals surface area contributed by atoms with Gasteiger partial charge in [0.1, 0.15) is 6.54 Å². The Morgan fingerprint density at radius 1 is 1.12 bits per heavy atom. The minimum atomic E-state index is -3.72. The molecule has 0 saturated heterocycles. The van der Waals surface area contributed by atoms with Gasteiger partial charge in [0.25, 0.3) is 0 Å². The Bertz CT molecular complexity index is 857. The Hall–Kier alpha value is -1.76. The zero-order valence-corrected chi connectivity index (χ0v) is 16.1. The summed E-state index contributed by atoms with van der Waals surface area (Å²) in [5, 5.41) is 3.08. The predicted molar refractivity (Wildman–Crippen MR) is 102 cm³/mol. The molecule has 1 amide bonds. The van der Waals surface area contributed by atoms with E-state index in [2.05, 4.69) is 5.32 Å². The molecule has 1 N–H and O–H groups in total. The Morgan fingerprint density at radius 2 is 1.76 bits per heavy atom. The van der Waals surface area contributed by atoms with Gasteiger partial charge in [-0.2, -0.15) is 0 Å². The Kier molecular flexibility index (Phi) is 6.32. The molecule has 0 spiro atoms. The maximum absolute atomic E-state index is 12.4. The molecule has 0 aliphatic heterocycles. The normalized spacial score (nSPS) is 12.5. The number of carbonyl (C=O) groups is 1. The molecule has 5 nitrogen and oxygen atoms in total. The monoisotopic (exact) mass is 400 g/mol. The second-order valence-corrected chi connectivity index (χ2v) is 8.23. The first-order valence-corrected chi connectivity index (χ1v) is 10.1. The minimum absolute atomic E-state index is 0.0819. The van der Waals surface area contributed by atoms with Crippen LogP contribution in [0.3, 0.4) is 0 Å². The molecular weight excluding hydrogens is 383 g/mol. The van der Waals surface area contributed by atoms with Crippen LogP contribution in [0.25, 0.3) is 0 Å². The molecule has 0 aliphatic rings. The second kappa shape index (κ2) is 8.08. The summed E-state index contributed by atoms with van der Waals surface area (Å²) < 4.78 is 25.2. The zero-order valence-electron chi connectivity index (χ0n) is 13.7. The van der Waals surface area contributed by atoms with Crippen molar-refractivity contribution in [2.45, 2.75) is 13.0 Å². The first kappa shape index (κ1) is 19.6. The molecule has 25 heavy (non-hydrogen) atoms. The van der Waals surface area contributed by atoms with Gasteiger partial charge in [-0.05, 0) is 24.6 Å². The van der Waals surface area contributed by atoms with Crippen LogP contribution >= 0.6 is 23.2 Å². The summed E-state index contributed by atoms with van der Waals surface area (Å²) >= 11 is 12.1. The van der Waals surface area contributed by atoms with E-state index in [0.29, 0.717) is 0 Å². The van der Waals surface area contributed by atoms with Crippen molar-refractivity contribution in [2.24, 2.45) is 0 Å². The number of benzene rings is 2. The smallest absolute Gasteiger partial charge is 0.241 e. The fourth-order valence-electron chi connectivity index (χ4n) is 2.31. The van der Waals surface area contributed by atoms with Crippen molar-refractivity contribution in [1.82, 2.24) is 5.32 Å². The number of nitrogens with zero attached hydrogens (tertiary/aromatic N) is 1. The Labute approximate surface area is 157 Å². The third kappa shape index (κ3) is 5.11. The summed E-state index contributed by atoms with van der Waals surface area (Å²) in [7, 11) is -3.72. The summed E-state index contributed by atoms with van der Waals surface area (Å²) in [6.07, 6.45) is 1.01. The van der Waals surface area contributed by atoms with Crippen LogP contribution < -0.4 is 9.62 Å². The van der Waals surface area contributed by atoms with Gasteiger partial charge < -0.3 is 5.32 Å². The SMILES string of the molecule is C[C@H](NC(=O)CN(c1cccc(Cl)c1Cl)S(C)(=O)=O)c1ccccc1. The van der Waals surface area contributed by atoms with Crippen molar-refractivity contribution in [3.63, 3.8) is 0 Å². The van der Waals surface area contributed by atoms with Crippen molar-refractivity contribution in [3.05, 3.63) is 64.1 Å². The lowest BCUT2D eigenvalue weighted by Crippen LogP contribution is -2.41. The highest BCUT2D eigenvalue weighted by Gasteiger charge is 2.24. The minimum Gasteiger partial charge on any atom is -0.348 e. The number of hydrogen-bond donors (Lipinski definition) is 1. The lowest BCUT2D eigenvalue weighted by atomic mass is 10.1. The Morgan fingerprint density at radius 3 is 2.36 bits per heavy atom. The van der Waals surface area contributed by atoms with E-state index in [1.165, 1.54) is 6.07 Å². The highest BCUT2D eigenvalue weighted by atomic mass is 35.5. The summed E-state index contributed by atoms with van der Waals surface area (Å²) in [5.41, 5.74) is 1.08. The topological polar surface area (TPSA) is 66.5 Å². The van der Waals surface area contributed by atoms with Crippen LogP contribution in [0.2, 0.25) is 10.0 Å². The van der Waals surface area contributed by atoms with Crippen molar-refractivity contribution >= 4 is 44.8 Å². The number of rotatable bonds is 6. The van der Waals surface area contributed by atoms with Crippen LogP contribution in [-0.2, 0) is 14.8 Å². The zero-order chi connectivity index (χ0) is 18.6. The average Bonchev–Trinajstić information content (AvgIpc) is 2.55. The van der Waals surface area contributed by atoms with E-state index >= 15 is 0 Å². The van der Waals surface area contributed by atoms with Crippen molar-refractivity contribution in [1.29, 1.82) is 0 Å². The fraction of sp³-hybridized carbons (Fsp3) is 0.235. The molecule has 8 heteroatoms. The predicted octanol–water partition coefficient (Wildman–Crippen LogP) is 3.64. The average molecular weight is 401 g/mol. The number of sulfonamides is 1. The van der Waals surface area contributed by atoms with Gasteiger partial charge in [0.15, 0.2) is 0 Å². The second-order valence-electron chi connectivity index (χ2n) is 5.54. The lowest BCUT2D eigenvalue weighted by Gasteiger charge is -2.24. The number of amides is 1. The fourth-order valence-corrected chi connectivity index (χ4v) is 3.62. The highest BCUT2D eigenvalue weighted by molar-refractivity contribution is 7.92. The molecule has 134 valence electrons. The molecule has 0 bridgehead atoms. The van der Waals surface area contributed by atoms with Crippen molar-refractivity contribution in [2.75, 3.05) is 17.1 Å². The van der Waals surface area contributed by atoms with Gasteiger partial charge in [-0.25, -0.2) is 8.42 Å². The number of nitrogens with one attached hydrogen (secondary N) is 1. The molecule has 0 aromatic heterocycles. The highest BCUT2D eigenvalue weighted by Crippen LogP contribution is 2.33. The molecule has 0 aliphatic carbocycles. The Balaban J connectivity index is 2.21. The summed E-state index contributed by atoms with van der Waals surface area (Å²) in [6.45, 7) is 1.43. The van der Waals surface area contributed by atoms with Crippen LogP contribution in [0.1, 0.15) is 18.5 Å². The number of hydrogen-bond acceptors (Lipinski definition) is 3. The summed E-state index contributed by atoms with van der Waals surface area (Å²) in [6, 6.07) is 13.7. The van der Waals surface area contributed by atoms with Gasteiger partial charge in [0.2, 0.25) is 15.9 Å². The summed E-state index contributed by atoms with van der Waals surface area (Å²) in [5.74, 6) is -0.446. The number of carbonyl (C=O) groups excluding carboxylic acids is 1. The molecule has 0 heterocycles. The van der Waals surface area contributed by atoms with Gasteiger partial charge in [0.05, 0.1) is 28.0 Å². The molecule has 0 unspecified atom stereocenters. The van der Waals surface area contributed by atoms with E-state index in [1.54, 1.807) is 12.1 Å². The van der Waals surface area contributed by atoms with Crippen LogP contribution in [0.4, 0.5) is 5.69 Å². The quantitative estimate of drug-likeness (QED) is 0.804. The van der Waals surface area contributed by atoms with E-state index in [4.69, 9.17) is 23.2 Å². The summed E-state index contributed by atoms with van der Waals surface area (Å²) in [4.78, 5) is 12.4. The van der Waals surface area contributed by atoms with E-state index in [1.807, 2.05) is 37.3 Å². The maximum atomic E-state index is 12.4. The van der Waals surface area contributed by atoms with Gasteiger partial charge in [-0.1, -0.05) is 59.6 Å². The standard InChI is InChI=1S/C17H18Cl2N2O3S/c1-12(13-7-4-3-5-8-13)20-16(22)11-21(25(2,23)24)15-10-6-9-14(18)17(15)19/h3-10,12H,11H2,1-2H3,(H,20,22)/t12-/m0/s1. The van der Waals surface area contributed by atoms with E-state index in [9.17, 15) is 13.2 Å².